The van der Waals surface area contributed by atoms with Crippen molar-refractivity contribution in [1.29, 1.82) is 0 Å². The van der Waals surface area contributed by atoms with Gasteiger partial charge in [0.05, 0.1) is 12.2 Å². The van der Waals surface area contributed by atoms with Gasteiger partial charge >= 0.3 is 5.97 Å². The van der Waals surface area contributed by atoms with E-state index in [2.05, 4.69) is 4.98 Å². The van der Waals surface area contributed by atoms with E-state index < -0.39 is 17.4 Å². The monoisotopic (exact) mass is 362 g/mol. The minimum Gasteiger partial charge on any atom is -0.464 e. The summed E-state index contributed by atoms with van der Waals surface area (Å²) in [6.07, 6.45) is 0. The van der Waals surface area contributed by atoms with Crippen LogP contribution in [0.25, 0.3) is 10.9 Å². The Bertz CT molecular complexity index is 1120. The fourth-order valence-corrected chi connectivity index (χ4v) is 3.70. The normalized spacial score (nSPS) is 18.6. The molecule has 0 bridgehead atoms. The van der Waals surface area contributed by atoms with Gasteiger partial charge in [-0.1, -0.05) is 30.3 Å². The van der Waals surface area contributed by atoms with Crippen molar-refractivity contribution in [3.05, 3.63) is 76.1 Å². The van der Waals surface area contributed by atoms with Crippen LogP contribution in [-0.4, -0.2) is 23.5 Å². The van der Waals surface area contributed by atoms with Crippen LogP contribution in [0.15, 0.2) is 59.4 Å². The summed E-state index contributed by atoms with van der Waals surface area (Å²) in [5.74, 6) is -1.07. The van der Waals surface area contributed by atoms with Gasteiger partial charge in [-0.3, -0.25) is 14.5 Å². The number of para-hydroxylation sites is 2. The van der Waals surface area contributed by atoms with Crippen LogP contribution in [0, 0.1) is 0 Å². The van der Waals surface area contributed by atoms with Gasteiger partial charge in [-0.15, -0.1) is 0 Å². The number of hydrogen-bond acceptors (Lipinski definition) is 4. The standard InChI is InChI=1S/C21H18N2O4/c1-3-27-20(26)21(2)16-17(19(25)23(21)13-9-5-4-6-10-13)22-15-12-8-7-11-14(15)18(16)24/h4-12H,3H2,1-2H3,(H,22,24)/t21-/m1/s1. The zero-order valence-electron chi connectivity index (χ0n) is 15.0. The van der Waals surface area contributed by atoms with Gasteiger partial charge in [0.2, 0.25) is 0 Å². The van der Waals surface area contributed by atoms with Crippen molar-refractivity contribution in [3.63, 3.8) is 0 Å². The summed E-state index contributed by atoms with van der Waals surface area (Å²) in [7, 11) is 0. The Hall–Kier alpha value is -3.41. The molecular weight excluding hydrogens is 344 g/mol. The van der Waals surface area contributed by atoms with Crippen molar-refractivity contribution in [2.75, 3.05) is 11.5 Å². The highest BCUT2D eigenvalue weighted by Crippen LogP contribution is 2.41. The summed E-state index contributed by atoms with van der Waals surface area (Å²) in [5.41, 5.74) is -0.586. The average Bonchev–Trinajstić information content (AvgIpc) is 2.91. The zero-order chi connectivity index (χ0) is 19.2. The molecule has 0 aliphatic carbocycles. The smallest absolute Gasteiger partial charge is 0.337 e. The minimum atomic E-state index is -1.55. The zero-order valence-corrected chi connectivity index (χ0v) is 15.0. The fourth-order valence-electron chi connectivity index (χ4n) is 3.70. The number of nitrogens with zero attached hydrogens (tertiary/aromatic N) is 1. The first-order valence-corrected chi connectivity index (χ1v) is 8.72. The highest BCUT2D eigenvalue weighted by molar-refractivity contribution is 6.16. The summed E-state index contributed by atoms with van der Waals surface area (Å²) in [6.45, 7) is 3.40. The average molecular weight is 362 g/mol. The summed E-state index contributed by atoms with van der Waals surface area (Å²) >= 11 is 0. The number of H-pyrrole nitrogens is 1. The van der Waals surface area contributed by atoms with Crippen LogP contribution in [0.2, 0.25) is 0 Å². The molecule has 0 saturated carbocycles. The molecule has 4 rings (SSSR count). The van der Waals surface area contributed by atoms with E-state index in [4.69, 9.17) is 4.74 Å². The number of benzene rings is 2. The summed E-state index contributed by atoms with van der Waals surface area (Å²) < 4.78 is 5.27. The molecule has 0 radical (unpaired) electrons. The van der Waals surface area contributed by atoms with E-state index in [-0.39, 0.29) is 23.3 Å². The van der Waals surface area contributed by atoms with E-state index >= 15 is 0 Å². The lowest BCUT2D eigenvalue weighted by molar-refractivity contribution is -0.149. The lowest BCUT2D eigenvalue weighted by atomic mass is 9.91. The third-order valence-electron chi connectivity index (χ3n) is 4.95. The number of rotatable bonds is 3. The number of anilines is 1. The van der Waals surface area contributed by atoms with Crippen molar-refractivity contribution in [2.45, 2.75) is 19.4 Å². The van der Waals surface area contributed by atoms with Crippen LogP contribution in [0.3, 0.4) is 0 Å². The third-order valence-corrected chi connectivity index (χ3v) is 4.95. The van der Waals surface area contributed by atoms with E-state index in [1.165, 1.54) is 4.90 Å². The van der Waals surface area contributed by atoms with E-state index in [0.29, 0.717) is 16.6 Å². The lowest BCUT2D eigenvalue weighted by Gasteiger charge is -2.33. The molecule has 1 atom stereocenters. The van der Waals surface area contributed by atoms with Crippen LogP contribution in [0.4, 0.5) is 5.69 Å². The van der Waals surface area contributed by atoms with Gasteiger partial charge < -0.3 is 9.72 Å². The molecule has 3 aromatic rings. The quantitative estimate of drug-likeness (QED) is 0.727. The molecule has 1 amide bonds. The van der Waals surface area contributed by atoms with Crippen LogP contribution >= 0.6 is 0 Å². The number of ether oxygens (including phenoxy) is 1. The van der Waals surface area contributed by atoms with Gasteiger partial charge in [-0.25, -0.2) is 4.79 Å². The van der Waals surface area contributed by atoms with E-state index in [9.17, 15) is 14.4 Å². The van der Waals surface area contributed by atoms with Gasteiger partial charge in [0.25, 0.3) is 5.91 Å². The number of amides is 1. The second-order valence-corrected chi connectivity index (χ2v) is 6.52. The number of aromatic nitrogens is 1. The highest BCUT2D eigenvalue weighted by Gasteiger charge is 2.56. The Morgan fingerprint density at radius 2 is 1.74 bits per heavy atom. The molecule has 2 aromatic carbocycles. The van der Waals surface area contributed by atoms with Crippen LogP contribution in [0.1, 0.15) is 29.9 Å². The topological polar surface area (TPSA) is 79.5 Å². The molecule has 6 heteroatoms. The molecule has 0 spiro atoms. The summed E-state index contributed by atoms with van der Waals surface area (Å²) in [5, 5.41) is 0.425. The fraction of sp³-hybridized carbons (Fsp3) is 0.190. The maximum atomic E-state index is 13.3. The second-order valence-electron chi connectivity index (χ2n) is 6.52. The Labute approximate surface area is 155 Å². The Balaban J connectivity index is 2.07. The number of carbonyl (C=O) groups excluding carboxylic acids is 2. The molecule has 0 fully saturated rings. The van der Waals surface area contributed by atoms with Gasteiger partial charge in [0, 0.05) is 16.6 Å². The van der Waals surface area contributed by atoms with Crippen molar-refractivity contribution in [3.8, 4) is 0 Å². The van der Waals surface area contributed by atoms with Crippen molar-refractivity contribution < 1.29 is 14.3 Å². The van der Waals surface area contributed by atoms with E-state index in [0.717, 1.165) is 0 Å². The molecule has 1 N–H and O–H groups in total. The van der Waals surface area contributed by atoms with E-state index in [1.807, 2.05) is 6.07 Å². The first kappa shape index (κ1) is 17.0. The maximum absolute atomic E-state index is 13.3. The molecule has 0 saturated heterocycles. The Kier molecular flexibility index (Phi) is 3.84. The lowest BCUT2D eigenvalue weighted by Crippen LogP contribution is -2.50. The van der Waals surface area contributed by atoms with Crippen LogP contribution in [-0.2, 0) is 15.1 Å². The van der Waals surface area contributed by atoms with Crippen molar-refractivity contribution in [1.82, 2.24) is 4.98 Å². The Morgan fingerprint density at radius 3 is 2.44 bits per heavy atom. The SMILES string of the molecule is CCOC(=O)[C@@]1(C)c2c([nH]c3ccccc3c2=O)C(=O)N1c1ccccc1. The van der Waals surface area contributed by atoms with Crippen molar-refractivity contribution in [2.24, 2.45) is 0 Å². The van der Waals surface area contributed by atoms with Gasteiger partial charge in [0.1, 0.15) is 5.69 Å². The minimum absolute atomic E-state index is 0.119. The number of fused-ring (bicyclic) bond motifs is 2. The molecule has 0 unspecified atom stereocenters. The highest BCUT2D eigenvalue weighted by atomic mass is 16.5. The predicted octanol–water partition coefficient (Wildman–Crippen LogP) is 2.97. The third kappa shape index (κ3) is 2.30. The van der Waals surface area contributed by atoms with Gasteiger partial charge in [-0.2, -0.15) is 0 Å². The molecule has 6 nitrogen and oxygen atoms in total. The first-order chi connectivity index (χ1) is 13.0. The first-order valence-electron chi connectivity index (χ1n) is 8.72. The predicted molar refractivity (Wildman–Crippen MR) is 102 cm³/mol. The largest absolute Gasteiger partial charge is 0.464 e. The van der Waals surface area contributed by atoms with Crippen molar-refractivity contribution >= 4 is 28.5 Å². The van der Waals surface area contributed by atoms with Crippen LogP contribution < -0.4 is 10.3 Å². The number of nitrogens with one attached hydrogen (secondary N) is 1. The van der Waals surface area contributed by atoms with Gasteiger partial charge in [0.15, 0.2) is 11.0 Å². The number of hydrogen-bond donors (Lipinski definition) is 1. The maximum Gasteiger partial charge on any atom is 0.337 e. The molecule has 1 aromatic heterocycles. The number of carbonyl (C=O) groups is 2. The molecule has 2 heterocycles. The molecule has 136 valence electrons. The molecule has 27 heavy (non-hydrogen) atoms. The van der Waals surface area contributed by atoms with E-state index in [1.54, 1.807) is 62.4 Å². The van der Waals surface area contributed by atoms with Gasteiger partial charge in [-0.05, 0) is 38.1 Å². The molecule has 1 aliphatic heterocycles. The number of esters is 1. The summed E-state index contributed by atoms with van der Waals surface area (Å²) in [4.78, 5) is 43.9. The number of aromatic amines is 1. The Morgan fingerprint density at radius 1 is 1.07 bits per heavy atom. The molecular formula is C21H18N2O4. The summed E-state index contributed by atoms with van der Waals surface area (Å²) in [6, 6.07) is 15.8. The number of pyridine rings is 1. The van der Waals surface area contributed by atoms with Crippen LogP contribution in [0.5, 0.6) is 0 Å². The second kappa shape index (κ2) is 6.09. The molecule has 1 aliphatic rings.